The molecule has 0 saturated carbocycles. The van der Waals surface area contributed by atoms with E-state index >= 15 is 0 Å². The Morgan fingerprint density at radius 2 is 1.27 bits per heavy atom. The largest absolute Gasteiger partial charge is 0.465 e. The molecule has 0 aromatic heterocycles. The predicted molar refractivity (Wildman–Crippen MR) is 94.2 cm³/mol. The van der Waals surface area contributed by atoms with Crippen molar-refractivity contribution in [3.05, 3.63) is 24.3 Å². The molecule has 2 unspecified atom stereocenters. The van der Waals surface area contributed by atoms with E-state index in [4.69, 9.17) is 20.0 Å². The third-order valence-corrected chi connectivity index (χ3v) is 2.95. The number of hydrogen-bond acceptors (Lipinski definition) is 8. The first-order valence-corrected chi connectivity index (χ1v) is 7.86. The van der Waals surface area contributed by atoms with Gasteiger partial charge in [0.05, 0.1) is 36.7 Å². The third-order valence-electron chi connectivity index (χ3n) is 2.95. The van der Waals surface area contributed by atoms with Gasteiger partial charge in [0.2, 0.25) is 0 Å². The summed E-state index contributed by atoms with van der Waals surface area (Å²) in [7, 11) is 0. The zero-order chi connectivity index (χ0) is 19.4. The van der Waals surface area contributed by atoms with Crippen LogP contribution in [0.1, 0.15) is 13.8 Å². The summed E-state index contributed by atoms with van der Waals surface area (Å²) in [5.74, 6) is -3.45. The van der Waals surface area contributed by atoms with Crippen molar-refractivity contribution in [1.82, 2.24) is 0 Å². The van der Waals surface area contributed by atoms with Crippen molar-refractivity contribution < 1.29 is 19.1 Å². The Morgan fingerprint density at radius 1 is 0.923 bits per heavy atom. The van der Waals surface area contributed by atoms with Crippen LogP contribution in [0.2, 0.25) is 0 Å². The van der Waals surface area contributed by atoms with Gasteiger partial charge in [0, 0.05) is 12.4 Å². The molecule has 0 heterocycles. The second-order valence-corrected chi connectivity index (χ2v) is 4.79. The van der Waals surface area contributed by atoms with Crippen molar-refractivity contribution in [2.24, 2.45) is 21.8 Å². The van der Waals surface area contributed by atoms with Gasteiger partial charge in [-0.15, -0.1) is 0 Å². The van der Waals surface area contributed by atoms with Crippen LogP contribution < -0.4 is 0 Å². The Morgan fingerprint density at radius 3 is 1.54 bits per heavy atom. The maximum atomic E-state index is 11.5. The zero-order valence-corrected chi connectivity index (χ0v) is 14.5. The van der Waals surface area contributed by atoms with E-state index in [2.05, 4.69) is 9.98 Å². The summed E-state index contributed by atoms with van der Waals surface area (Å²) in [6.45, 7) is 3.68. The van der Waals surface area contributed by atoms with E-state index in [1.165, 1.54) is 12.4 Å². The van der Waals surface area contributed by atoms with E-state index in [1.54, 1.807) is 50.3 Å². The number of carbonyl (C=O) groups excluding carboxylic acids is 2. The number of rotatable bonds is 8. The predicted octanol–water partition coefficient (Wildman–Crippen LogP) is 2.50. The molecule has 0 amide bonds. The topological polar surface area (TPSA) is 125 Å². The van der Waals surface area contributed by atoms with Gasteiger partial charge in [-0.3, -0.25) is 19.6 Å². The van der Waals surface area contributed by atoms with E-state index in [1.807, 2.05) is 0 Å². The lowest BCUT2D eigenvalue weighted by Gasteiger charge is -2.03. The number of ether oxygens (including phenoxy) is 2. The van der Waals surface area contributed by atoms with Gasteiger partial charge in [0.15, 0.2) is 11.8 Å². The van der Waals surface area contributed by atoms with Crippen LogP contribution >= 0.6 is 0 Å². The summed E-state index contributed by atoms with van der Waals surface area (Å²) >= 11 is 0. The first kappa shape index (κ1) is 20.5. The Kier molecular flexibility index (Phi) is 8.77. The molecule has 0 bridgehead atoms. The molecule has 134 valence electrons. The van der Waals surface area contributed by atoms with Crippen molar-refractivity contribution in [3.63, 3.8) is 0 Å². The maximum Gasteiger partial charge on any atom is 0.328 e. The van der Waals surface area contributed by atoms with Crippen molar-refractivity contribution in [3.8, 4) is 12.1 Å². The highest BCUT2D eigenvalue weighted by atomic mass is 16.5. The van der Waals surface area contributed by atoms with Gasteiger partial charge in [-0.25, -0.2) is 0 Å². The van der Waals surface area contributed by atoms with Crippen LogP contribution in [0, 0.1) is 34.5 Å². The van der Waals surface area contributed by atoms with Crippen molar-refractivity contribution >= 4 is 35.7 Å². The number of nitrogens with zero attached hydrogens (tertiary/aromatic N) is 4. The number of hydrogen-bond donors (Lipinski definition) is 0. The SMILES string of the molecule is CCOC(=O)C(C#N)C=Nc1ccc(N=CC(C#N)C(=O)OCC)cc1. The van der Waals surface area contributed by atoms with Crippen molar-refractivity contribution in [1.29, 1.82) is 10.5 Å². The second-order valence-electron chi connectivity index (χ2n) is 4.79. The Balaban J connectivity index is 2.77. The summed E-state index contributed by atoms with van der Waals surface area (Å²) < 4.78 is 9.54. The average Bonchev–Trinajstić information content (AvgIpc) is 2.64. The molecule has 1 aromatic carbocycles. The van der Waals surface area contributed by atoms with Gasteiger partial charge in [0.1, 0.15) is 0 Å². The second kappa shape index (κ2) is 11.1. The van der Waals surface area contributed by atoms with E-state index in [0.29, 0.717) is 11.4 Å². The average molecular weight is 354 g/mol. The normalized spacial score (nSPS) is 12.9. The van der Waals surface area contributed by atoms with E-state index in [9.17, 15) is 9.59 Å². The molecule has 1 aromatic rings. The fraction of sp³-hybridized carbons (Fsp3) is 0.333. The van der Waals surface area contributed by atoms with Crippen LogP contribution in [-0.2, 0) is 19.1 Å². The third kappa shape index (κ3) is 6.54. The number of benzene rings is 1. The summed E-state index contributed by atoms with van der Waals surface area (Å²) in [6, 6.07) is 10.1. The number of carbonyl (C=O) groups is 2. The molecule has 0 aliphatic rings. The summed E-state index contributed by atoms with van der Waals surface area (Å²) in [5.41, 5.74) is 1.02. The molecule has 0 N–H and O–H groups in total. The first-order chi connectivity index (χ1) is 12.5. The van der Waals surface area contributed by atoms with Crippen molar-refractivity contribution in [2.45, 2.75) is 13.8 Å². The molecule has 0 radical (unpaired) electrons. The van der Waals surface area contributed by atoms with Gasteiger partial charge in [0.25, 0.3) is 0 Å². The van der Waals surface area contributed by atoms with Gasteiger partial charge in [-0.1, -0.05) is 0 Å². The van der Waals surface area contributed by atoms with Crippen LogP contribution in [0.5, 0.6) is 0 Å². The minimum absolute atomic E-state index is 0.188. The van der Waals surface area contributed by atoms with E-state index < -0.39 is 23.8 Å². The smallest absolute Gasteiger partial charge is 0.328 e. The fourth-order valence-corrected chi connectivity index (χ4v) is 1.70. The molecular weight excluding hydrogens is 336 g/mol. The molecular formula is C18H18N4O4. The number of esters is 2. The molecule has 0 aliphatic carbocycles. The van der Waals surface area contributed by atoms with E-state index in [0.717, 1.165) is 0 Å². The minimum atomic E-state index is -1.08. The number of nitriles is 2. The molecule has 8 heteroatoms. The zero-order valence-electron chi connectivity index (χ0n) is 14.5. The maximum absolute atomic E-state index is 11.5. The van der Waals surface area contributed by atoms with Crippen molar-refractivity contribution in [2.75, 3.05) is 13.2 Å². The van der Waals surface area contributed by atoms with Crippen LogP contribution in [-0.4, -0.2) is 37.6 Å². The highest BCUT2D eigenvalue weighted by Crippen LogP contribution is 2.18. The van der Waals surface area contributed by atoms with Gasteiger partial charge >= 0.3 is 11.9 Å². The monoisotopic (exact) mass is 354 g/mol. The quantitative estimate of drug-likeness (QED) is 0.521. The van der Waals surface area contributed by atoms with Gasteiger partial charge < -0.3 is 9.47 Å². The van der Waals surface area contributed by atoms with Crippen LogP contribution in [0.15, 0.2) is 34.3 Å². The lowest BCUT2D eigenvalue weighted by atomic mass is 10.2. The Hall–Kier alpha value is -3.52. The van der Waals surface area contributed by atoms with E-state index in [-0.39, 0.29) is 13.2 Å². The van der Waals surface area contributed by atoms with Gasteiger partial charge in [-0.2, -0.15) is 10.5 Å². The van der Waals surface area contributed by atoms with Gasteiger partial charge in [-0.05, 0) is 38.1 Å². The lowest BCUT2D eigenvalue weighted by molar-refractivity contribution is -0.144. The highest BCUT2D eigenvalue weighted by Gasteiger charge is 2.17. The Bertz CT molecular complexity index is 692. The molecule has 26 heavy (non-hydrogen) atoms. The van der Waals surface area contributed by atoms with Crippen LogP contribution in [0.25, 0.3) is 0 Å². The van der Waals surface area contributed by atoms with Crippen LogP contribution in [0.3, 0.4) is 0 Å². The standard InChI is InChI=1S/C18H18N4O4/c1-3-25-17(23)13(9-19)11-21-15-5-7-16(8-6-15)22-12-14(10-20)18(24)26-4-2/h5-8,11-14H,3-4H2,1-2H3. The highest BCUT2D eigenvalue weighted by molar-refractivity contribution is 5.94. The molecule has 0 spiro atoms. The molecule has 0 aliphatic heterocycles. The Labute approximate surface area is 151 Å². The first-order valence-electron chi connectivity index (χ1n) is 7.86. The lowest BCUT2D eigenvalue weighted by Crippen LogP contribution is -2.17. The molecule has 1 rings (SSSR count). The number of aliphatic imine (C=N–C) groups is 2. The molecule has 8 nitrogen and oxygen atoms in total. The van der Waals surface area contributed by atoms with Crippen LogP contribution in [0.4, 0.5) is 11.4 Å². The summed E-state index contributed by atoms with van der Waals surface area (Å²) in [5, 5.41) is 17.9. The minimum Gasteiger partial charge on any atom is -0.465 e. The summed E-state index contributed by atoms with van der Waals surface area (Å²) in [6.07, 6.45) is 2.42. The fourth-order valence-electron chi connectivity index (χ4n) is 1.70. The molecule has 0 fully saturated rings. The molecule has 2 atom stereocenters. The summed E-state index contributed by atoms with van der Waals surface area (Å²) in [4.78, 5) is 31.1. The molecule has 0 saturated heterocycles.